The number of aliphatic hydroxyl groups is 1. The quantitative estimate of drug-likeness (QED) is 0.879. The molecule has 4 nitrogen and oxygen atoms in total. The molecule has 1 fully saturated rings. The van der Waals surface area contributed by atoms with Crippen LogP contribution in [0.1, 0.15) is 29.9 Å². The zero-order chi connectivity index (χ0) is 17.5. The number of nitrogens with zero attached hydrogens (tertiary/aromatic N) is 1. The number of nitrogens with one attached hydrogen (secondary N) is 1. The van der Waals surface area contributed by atoms with E-state index in [1.165, 1.54) is 11.1 Å². The lowest BCUT2D eigenvalue weighted by molar-refractivity contribution is 0.129. The molecule has 1 atom stereocenters. The SMILES string of the molecule is O=C(NCC(c1ccccc1)c1ccccc1)N1CCCC(CO)C1. The predicted molar refractivity (Wildman–Crippen MR) is 99.5 cm³/mol. The summed E-state index contributed by atoms with van der Waals surface area (Å²) in [7, 11) is 0. The van der Waals surface area contributed by atoms with Gasteiger partial charge in [0.25, 0.3) is 0 Å². The van der Waals surface area contributed by atoms with Crippen molar-refractivity contribution in [2.24, 2.45) is 5.92 Å². The summed E-state index contributed by atoms with van der Waals surface area (Å²) in [6.45, 7) is 2.13. The molecule has 0 radical (unpaired) electrons. The van der Waals surface area contributed by atoms with Crippen LogP contribution < -0.4 is 5.32 Å². The molecule has 1 heterocycles. The van der Waals surface area contributed by atoms with Gasteiger partial charge in [-0.2, -0.15) is 0 Å². The van der Waals surface area contributed by atoms with Crippen molar-refractivity contribution in [3.63, 3.8) is 0 Å². The van der Waals surface area contributed by atoms with E-state index in [1.807, 2.05) is 41.3 Å². The van der Waals surface area contributed by atoms with Gasteiger partial charge in [0.05, 0.1) is 0 Å². The molecule has 2 aromatic carbocycles. The number of urea groups is 1. The van der Waals surface area contributed by atoms with Crippen molar-refractivity contribution in [2.75, 3.05) is 26.2 Å². The molecule has 1 aliphatic rings. The van der Waals surface area contributed by atoms with Gasteiger partial charge in [0.2, 0.25) is 0 Å². The second kappa shape index (κ2) is 8.67. The van der Waals surface area contributed by atoms with E-state index >= 15 is 0 Å². The highest BCUT2D eigenvalue weighted by atomic mass is 16.3. The van der Waals surface area contributed by atoms with Gasteiger partial charge in [0, 0.05) is 32.2 Å². The van der Waals surface area contributed by atoms with E-state index < -0.39 is 0 Å². The van der Waals surface area contributed by atoms with Gasteiger partial charge in [-0.3, -0.25) is 0 Å². The highest BCUT2D eigenvalue weighted by Crippen LogP contribution is 2.24. The third-order valence-corrected chi connectivity index (χ3v) is 4.93. The third kappa shape index (κ3) is 4.60. The maximum Gasteiger partial charge on any atom is 0.317 e. The third-order valence-electron chi connectivity index (χ3n) is 4.93. The summed E-state index contributed by atoms with van der Waals surface area (Å²) < 4.78 is 0. The van der Waals surface area contributed by atoms with Crippen LogP contribution in [0.4, 0.5) is 4.79 Å². The second-order valence-electron chi connectivity index (χ2n) is 6.70. The number of amides is 2. The van der Waals surface area contributed by atoms with Crippen molar-refractivity contribution >= 4 is 6.03 Å². The van der Waals surface area contributed by atoms with Gasteiger partial charge in [0.15, 0.2) is 0 Å². The molecular weight excluding hydrogens is 312 g/mol. The first kappa shape index (κ1) is 17.5. The molecule has 1 aliphatic heterocycles. The molecular formula is C21H26N2O2. The Balaban J connectivity index is 1.68. The maximum absolute atomic E-state index is 12.6. The van der Waals surface area contributed by atoms with Crippen LogP contribution in [0, 0.1) is 5.92 Å². The Hall–Kier alpha value is -2.33. The lowest BCUT2D eigenvalue weighted by atomic mass is 9.91. The zero-order valence-corrected chi connectivity index (χ0v) is 14.5. The van der Waals surface area contributed by atoms with Crippen molar-refractivity contribution in [3.05, 3.63) is 71.8 Å². The van der Waals surface area contributed by atoms with E-state index in [0.717, 1.165) is 19.4 Å². The summed E-state index contributed by atoms with van der Waals surface area (Å²) in [4.78, 5) is 14.4. The summed E-state index contributed by atoms with van der Waals surface area (Å²) in [6.07, 6.45) is 1.95. The first-order valence-electron chi connectivity index (χ1n) is 9.01. The number of carbonyl (C=O) groups is 1. The number of likely N-dealkylation sites (tertiary alicyclic amines) is 1. The molecule has 0 aliphatic carbocycles. The molecule has 0 saturated carbocycles. The topological polar surface area (TPSA) is 52.6 Å². The smallest absolute Gasteiger partial charge is 0.317 e. The lowest BCUT2D eigenvalue weighted by Crippen LogP contribution is -2.47. The van der Waals surface area contributed by atoms with Crippen molar-refractivity contribution in [1.82, 2.24) is 10.2 Å². The van der Waals surface area contributed by atoms with E-state index in [-0.39, 0.29) is 24.5 Å². The van der Waals surface area contributed by atoms with E-state index in [2.05, 4.69) is 29.6 Å². The predicted octanol–water partition coefficient (Wildman–Crippen LogP) is 3.23. The van der Waals surface area contributed by atoms with Gasteiger partial charge in [-0.25, -0.2) is 4.79 Å². The molecule has 4 heteroatoms. The summed E-state index contributed by atoms with van der Waals surface area (Å²) in [5.74, 6) is 0.336. The average molecular weight is 338 g/mol. The van der Waals surface area contributed by atoms with Gasteiger partial charge >= 0.3 is 6.03 Å². The largest absolute Gasteiger partial charge is 0.396 e. The fourth-order valence-electron chi connectivity index (χ4n) is 3.50. The lowest BCUT2D eigenvalue weighted by Gasteiger charge is -2.32. The van der Waals surface area contributed by atoms with Crippen LogP contribution >= 0.6 is 0 Å². The summed E-state index contributed by atoms with van der Waals surface area (Å²) in [6, 6.07) is 20.5. The van der Waals surface area contributed by atoms with Crippen LogP contribution in [0.15, 0.2) is 60.7 Å². The molecule has 132 valence electrons. The Labute approximate surface area is 149 Å². The number of carbonyl (C=O) groups excluding carboxylic acids is 1. The standard InChI is InChI=1S/C21H26N2O2/c24-16-17-8-7-13-23(15-17)21(25)22-14-20(18-9-3-1-4-10-18)19-11-5-2-6-12-19/h1-6,9-12,17,20,24H,7-8,13-16H2,(H,22,25). The van der Waals surface area contributed by atoms with Gasteiger partial charge in [-0.05, 0) is 29.9 Å². The molecule has 2 aromatic rings. The Kier molecular flexibility index (Phi) is 6.07. The number of piperidine rings is 1. The summed E-state index contributed by atoms with van der Waals surface area (Å²) >= 11 is 0. The molecule has 2 amide bonds. The van der Waals surface area contributed by atoms with Crippen LogP contribution in [0.3, 0.4) is 0 Å². The molecule has 0 bridgehead atoms. The van der Waals surface area contributed by atoms with E-state index in [4.69, 9.17) is 0 Å². The van der Waals surface area contributed by atoms with Gasteiger partial charge in [-0.1, -0.05) is 60.7 Å². The number of rotatable bonds is 5. The van der Waals surface area contributed by atoms with Crippen LogP contribution in [0.25, 0.3) is 0 Å². The van der Waals surface area contributed by atoms with Gasteiger partial charge in [-0.15, -0.1) is 0 Å². The minimum atomic E-state index is -0.0324. The maximum atomic E-state index is 12.6. The fourth-order valence-corrected chi connectivity index (χ4v) is 3.50. The first-order chi connectivity index (χ1) is 12.3. The molecule has 0 aromatic heterocycles. The highest BCUT2D eigenvalue weighted by Gasteiger charge is 2.24. The van der Waals surface area contributed by atoms with E-state index in [9.17, 15) is 9.90 Å². The van der Waals surface area contributed by atoms with E-state index in [1.54, 1.807) is 0 Å². The molecule has 25 heavy (non-hydrogen) atoms. The van der Waals surface area contributed by atoms with E-state index in [0.29, 0.717) is 13.1 Å². The Bertz CT molecular complexity index is 621. The van der Waals surface area contributed by atoms with Crippen molar-refractivity contribution in [1.29, 1.82) is 0 Å². The van der Waals surface area contributed by atoms with Crippen molar-refractivity contribution in [3.8, 4) is 0 Å². The highest BCUT2D eigenvalue weighted by molar-refractivity contribution is 5.74. The Morgan fingerprint density at radius 3 is 2.24 bits per heavy atom. The normalized spacial score (nSPS) is 17.5. The molecule has 1 unspecified atom stereocenters. The first-order valence-corrected chi connectivity index (χ1v) is 9.01. The Morgan fingerprint density at radius 2 is 1.68 bits per heavy atom. The van der Waals surface area contributed by atoms with Gasteiger partial charge < -0.3 is 15.3 Å². The fraction of sp³-hybridized carbons (Fsp3) is 0.381. The zero-order valence-electron chi connectivity index (χ0n) is 14.5. The molecule has 3 rings (SSSR count). The van der Waals surface area contributed by atoms with Crippen molar-refractivity contribution in [2.45, 2.75) is 18.8 Å². The van der Waals surface area contributed by atoms with Crippen LogP contribution in [-0.2, 0) is 0 Å². The minimum absolute atomic E-state index is 0.0324. The Morgan fingerprint density at radius 1 is 1.08 bits per heavy atom. The van der Waals surface area contributed by atoms with Gasteiger partial charge in [0.1, 0.15) is 0 Å². The summed E-state index contributed by atoms with van der Waals surface area (Å²) in [5.41, 5.74) is 2.39. The van der Waals surface area contributed by atoms with Crippen LogP contribution in [0.5, 0.6) is 0 Å². The number of hydrogen-bond donors (Lipinski definition) is 2. The monoisotopic (exact) mass is 338 g/mol. The van der Waals surface area contributed by atoms with Crippen LogP contribution in [-0.4, -0.2) is 42.3 Å². The molecule has 2 N–H and O–H groups in total. The average Bonchev–Trinajstić information content (AvgIpc) is 2.69. The summed E-state index contributed by atoms with van der Waals surface area (Å²) in [5, 5.41) is 12.4. The second-order valence-corrected chi connectivity index (χ2v) is 6.70. The van der Waals surface area contributed by atoms with Crippen LogP contribution in [0.2, 0.25) is 0 Å². The number of hydrogen-bond acceptors (Lipinski definition) is 2. The molecule has 0 spiro atoms. The van der Waals surface area contributed by atoms with Crippen molar-refractivity contribution < 1.29 is 9.90 Å². The minimum Gasteiger partial charge on any atom is -0.396 e. The number of benzene rings is 2. The molecule has 1 saturated heterocycles. The number of aliphatic hydroxyl groups excluding tert-OH is 1.